The van der Waals surface area contributed by atoms with Crippen LogP contribution >= 0.6 is 11.8 Å². The number of carbonyl (C=O) groups excluding carboxylic acids is 1. The first-order chi connectivity index (χ1) is 16.6. The molecule has 1 atom stereocenters. The molecule has 0 unspecified atom stereocenters. The van der Waals surface area contributed by atoms with E-state index in [0.29, 0.717) is 13.1 Å². The van der Waals surface area contributed by atoms with Crippen LogP contribution in [0.1, 0.15) is 24.0 Å². The van der Waals surface area contributed by atoms with Gasteiger partial charge in [0.2, 0.25) is 5.91 Å². The average molecular weight is 479 g/mol. The Labute approximate surface area is 204 Å². The van der Waals surface area contributed by atoms with Gasteiger partial charge in [-0.1, -0.05) is 29.5 Å². The highest BCUT2D eigenvalue weighted by Gasteiger charge is 2.28. The number of hydrogen-bond donors (Lipinski definition) is 1. The zero-order valence-corrected chi connectivity index (χ0v) is 20.6. The minimum Gasteiger partial charge on any atom is -0.497 e. The lowest BCUT2D eigenvalue weighted by Gasteiger charge is -2.33. The van der Waals surface area contributed by atoms with Crippen LogP contribution in [0.5, 0.6) is 11.5 Å². The first-order valence-corrected chi connectivity index (χ1v) is 12.2. The van der Waals surface area contributed by atoms with E-state index in [1.54, 1.807) is 38.4 Å². The number of nitrogens with zero attached hydrogens (tertiary/aromatic N) is 3. The van der Waals surface area contributed by atoms with E-state index in [1.165, 1.54) is 5.56 Å². The number of nitrogens with one attached hydrogen (secondary N) is 1. The monoisotopic (exact) mass is 478 g/mol. The van der Waals surface area contributed by atoms with Crippen LogP contribution in [0.2, 0.25) is 0 Å². The van der Waals surface area contributed by atoms with Gasteiger partial charge < -0.3 is 19.7 Å². The van der Waals surface area contributed by atoms with Gasteiger partial charge in [0.25, 0.3) is 0 Å². The number of benzene rings is 2. The molecule has 7 nitrogen and oxygen atoms in total. The average Bonchev–Trinajstić information content (AvgIpc) is 2.88. The molecule has 8 heteroatoms. The molecule has 0 spiro atoms. The third-order valence-electron chi connectivity index (χ3n) is 5.91. The summed E-state index contributed by atoms with van der Waals surface area (Å²) >= 11 is 1.60. The molecule has 2 heterocycles. The molecular weight excluding hydrogens is 448 g/mol. The van der Waals surface area contributed by atoms with Gasteiger partial charge in [0, 0.05) is 42.5 Å². The lowest BCUT2D eigenvalue weighted by Crippen LogP contribution is -2.43. The van der Waals surface area contributed by atoms with Crippen LogP contribution in [-0.2, 0) is 11.3 Å². The molecule has 1 saturated heterocycles. The van der Waals surface area contributed by atoms with Crippen LogP contribution in [-0.4, -0.2) is 43.2 Å². The molecule has 4 rings (SSSR count). The SMILES string of the molecule is COc1ccc(OC)c(CNC(=O)[C@H]2CCCN(c3nccnc3Sc3ccc(C)cc3)C2)c1. The lowest BCUT2D eigenvalue weighted by molar-refractivity contribution is -0.125. The highest BCUT2D eigenvalue weighted by Crippen LogP contribution is 2.34. The van der Waals surface area contributed by atoms with Gasteiger partial charge in [-0.3, -0.25) is 4.79 Å². The van der Waals surface area contributed by atoms with Crippen molar-refractivity contribution in [2.24, 2.45) is 5.92 Å². The first-order valence-electron chi connectivity index (χ1n) is 11.4. The Bertz CT molecular complexity index is 1120. The lowest BCUT2D eigenvalue weighted by atomic mass is 9.97. The Morgan fingerprint density at radius 3 is 2.68 bits per heavy atom. The third-order valence-corrected chi connectivity index (χ3v) is 6.90. The van der Waals surface area contributed by atoms with Gasteiger partial charge in [0.1, 0.15) is 16.5 Å². The molecule has 3 aromatic rings. The van der Waals surface area contributed by atoms with Gasteiger partial charge in [0.15, 0.2) is 5.82 Å². The van der Waals surface area contributed by atoms with Crippen molar-refractivity contribution in [3.63, 3.8) is 0 Å². The first kappa shape index (κ1) is 23.9. The van der Waals surface area contributed by atoms with Crippen molar-refractivity contribution < 1.29 is 14.3 Å². The summed E-state index contributed by atoms with van der Waals surface area (Å²) < 4.78 is 10.7. The van der Waals surface area contributed by atoms with E-state index in [-0.39, 0.29) is 11.8 Å². The van der Waals surface area contributed by atoms with E-state index in [9.17, 15) is 4.79 Å². The second-order valence-corrected chi connectivity index (χ2v) is 9.34. The summed E-state index contributed by atoms with van der Waals surface area (Å²) in [7, 11) is 3.25. The summed E-state index contributed by atoms with van der Waals surface area (Å²) in [5, 5.41) is 3.94. The van der Waals surface area contributed by atoms with Crippen LogP contribution in [0.25, 0.3) is 0 Å². The molecule has 0 aliphatic carbocycles. The van der Waals surface area contributed by atoms with Crippen molar-refractivity contribution in [3.8, 4) is 11.5 Å². The van der Waals surface area contributed by atoms with Crippen molar-refractivity contribution in [1.29, 1.82) is 0 Å². The summed E-state index contributed by atoms with van der Waals surface area (Å²) in [6.45, 7) is 3.93. The largest absolute Gasteiger partial charge is 0.497 e. The predicted octanol–water partition coefficient (Wildman–Crippen LogP) is 4.49. The Kier molecular flexibility index (Phi) is 7.90. The zero-order chi connectivity index (χ0) is 23.9. The summed E-state index contributed by atoms with van der Waals surface area (Å²) in [4.78, 5) is 25.6. The van der Waals surface area contributed by atoms with E-state index < -0.39 is 0 Å². The second kappa shape index (κ2) is 11.2. The molecule has 1 amide bonds. The Hall–Kier alpha value is -3.26. The van der Waals surface area contributed by atoms with Crippen molar-refractivity contribution in [3.05, 3.63) is 66.0 Å². The Morgan fingerprint density at radius 2 is 1.91 bits per heavy atom. The third kappa shape index (κ3) is 5.80. The number of amides is 1. The minimum absolute atomic E-state index is 0.0335. The van der Waals surface area contributed by atoms with E-state index in [2.05, 4.69) is 51.4 Å². The van der Waals surface area contributed by atoms with Crippen LogP contribution in [0.3, 0.4) is 0 Å². The van der Waals surface area contributed by atoms with E-state index in [4.69, 9.17) is 9.47 Å². The fourth-order valence-corrected chi connectivity index (χ4v) is 4.94. The van der Waals surface area contributed by atoms with Crippen LogP contribution in [0.15, 0.2) is 64.8 Å². The van der Waals surface area contributed by atoms with Gasteiger partial charge in [0.05, 0.1) is 20.1 Å². The molecule has 34 heavy (non-hydrogen) atoms. The topological polar surface area (TPSA) is 76.6 Å². The smallest absolute Gasteiger partial charge is 0.225 e. The maximum absolute atomic E-state index is 13.1. The van der Waals surface area contributed by atoms with Gasteiger partial charge in [-0.25, -0.2) is 9.97 Å². The maximum Gasteiger partial charge on any atom is 0.225 e. The summed E-state index contributed by atoms with van der Waals surface area (Å²) in [5.41, 5.74) is 2.11. The number of piperidine rings is 1. The maximum atomic E-state index is 13.1. The fraction of sp³-hybridized carbons (Fsp3) is 0.346. The van der Waals surface area contributed by atoms with Crippen molar-refractivity contribution >= 4 is 23.5 Å². The second-order valence-electron chi connectivity index (χ2n) is 8.28. The number of anilines is 1. The number of hydrogen-bond acceptors (Lipinski definition) is 7. The van der Waals surface area contributed by atoms with Gasteiger partial charge in [-0.05, 0) is 50.1 Å². The molecule has 1 aromatic heterocycles. The Morgan fingerprint density at radius 1 is 1.12 bits per heavy atom. The van der Waals surface area contributed by atoms with Gasteiger partial charge in [-0.15, -0.1) is 0 Å². The number of methoxy groups -OCH3 is 2. The molecular formula is C26H30N4O3S. The molecule has 1 N–H and O–H groups in total. The van der Waals surface area contributed by atoms with E-state index in [0.717, 1.165) is 52.2 Å². The van der Waals surface area contributed by atoms with Crippen molar-refractivity contribution in [1.82, 2.24) is 15.3 Å². The van der Waals surface area contributed by atoms with Gasteiger partial charge in [-0.2, -0.15) is 0 Å². The number of aryl methyl sites for hydroxylation is 1. The van der Waals surface area contributed by atoms with E-state index in [1.807, 2.05) is 18.2 Å². The summed E-state index contributed by atoms with van der Waals surface area (Å²) in [5.74, 6) is 2.20. The molecule has 1 aliphatic heterocycles. The quantitative estimate of drug-likeness (QED) is 0.511. The van der Waals surface area contributed by atoms with Crippen molar-refractivity contribution in [2.45, 2.75) is 36.2 Å². The molecule has 0 radical (unpaired) electrons. The van der Waals surface area contributed by atoms with E-state index >= 15 is 0 Å². The molecule has 0 saturated carbocycles. The van der Waals surface area contributed by atoms with Gasteiger partial charge >= 0.3 is 0 Å². The fourth-order valence-electron chi connectivity index (χ4n) is 4.06. The normalized spacial score (nSPS) is 15.6. The number of aromatic nitrogens is 2. The molecule has 1 fully saturated rings. The molecule has 1 aliphatic rings. The highest BCUT2D eigenvalue weighted by atomic mass is 32.2. The Balaban J connectivity index is 1.43. The number of carbonyl (C=O) groups is 1. The van der Waals surface area contributed by atoms with Crippen molar-refractivity contribution in [2.75, 3.05) is 32.2 Å². The molecule has 2 aromatic carbocycles. The summed E-state index contributed by atoms with van der Waals surface area (Å²) in [6, 6.07) is 14.0. The minimum atomic E-state index is -0.121. The zero-order valence-electron chi connectivity index (χ0n) is 19.8. The number of rotatable bonds is 8. The standard InChI is InChI=1S/C26H30N4O3S/c1-18-6-9-22(10-7-18)34-26-24(27-12-13-28-26)30-14-4-5-19(17-30)25(31)29-16-20-15-21(32-2)8-11-23(20)33-3/h6-13,15,19H,4-5,14,16-17H2,1-3H3,(H,29,31)/t19-/m0/s1. The highest BCUT2D eigenvalue weighted by molar-refractivity contribution is 7.99. The number of ether oxygens (including phenoxy) is 2. The predicted molar refractivity (Wildman–Crippen MR) is 134 cm³/mol. The van der Waals surface area contributed by atoms with Crippen LogP contribution in [0.4, 0.5) is 5.82 Å². The molecule has 178 valence electrons. The van der Waals surface area contributed by atoms with Crippen LogP contribution in [0, 0.1) is 12.8 Å². The van der Waals surface area contributed by atoms with Crippen LogP contribution < -0.4 is 19.7 Å². The molecule has 0 bridgehead atoms. The summed E-state index contributed by atoms with van der Waals surface area (Å²) in [6.07, 6.45) is 5.20.